The Kier molecular flexibility index (Phi) is 4.90. The molecule has 2 heterocycles. The first-order valence-corrected chi connectivity index (χ1v) is 9.08. The third-order valence-electron chi connectivity index (χ3n) is 4.25. The molecule has 0 bridgehead atoms. The molecule has 0 unspecified atom stereocenters. The van der Waals surface area contributed by atoms with Gasteiger partial charge in [-0.05, 0) is 30.2 Å². The lowest BCUT2D eigenvalue weighted by molar-refractivity contribution is 0.412. The van der Waals surface area contributed by atoms with Crippen LogP contribution in [0.25, 0.3) is 21.3 Å². The van der Waals surface area contributed by atoms with Gasteiger partial charge >= 0.3 is 0 Å². The number of ether oxygens (including phenoxy) is 1. The molecule has 0 N–H and O–H groups in total. The second-order valence-electron chi connectivity index (χ2n) is 6.28. The predicted octanol–water partition coefficient (Wildman–Crippen LogP) is 4.53. The molecule has 0 radical (unpaired) electrons. The van der Waals surface area contributed by atoms with Gasteiger partial charge in [-0.15, -0.1) is 11.3 Å². The van der Waals surface area contributed by atoms with E-state index in [1.165, 1.54) is 15.9 Å². The fraction of sp³-hybridized carbons (Fsp3) is 0.368. The average Bonchev–Trinajstić information content (AvgIpc) is 3.01. The summed E-state index contributed by atoms with van der Waals surface area (Å²) in [6, 6.07) is 5.82. The molecule has 0 fully saturated rings. The van der Waals surface area contributed by atoms with Gasteiger partial charge in [0.25, 0.3) is 5.56 Å². The van der Waals surface area contributed by atoms with E-state index in [0.29, 0.717) is 16.0 Å². The van der Waals surface area contributed by atoms with Crippen molar-refractivity contribution in [2.45, 2.75) is 33.2 Å². The van der Waals surface area contributed by atoms with Gasteiger partial charge in [0.1, 0.15) is 23.1 Å². The van der Waals surface area contributed by atoms with E-state index in [9.17, 15) is 9.18 Å². The highest BCUT2D eigenvalue weighted by Gasteiger charge is 2.18. The molecule has 0 amide bonds. The van der Waals surface area contributed by atoms with Crippen LogP contribution in [0.2, 0.25) is 0 Å². The van der Waals surface area contributed by atoms with Gasteiger partial charge in [-0.1, -0.05) is 19.9 Å². The van der Waals surface area contributed by atoms with E-state index >= 15 is 0 Å². The van der Waals surface area contributed by atoms with Crippen molar-refractivity contribution in [2.24, 2.45) is 0 Å². The fourth-order valence-electron chi connectivity index (χ4n) is 3.04. The Morgan fingerprint density at radius 3 is 2.72 bits per heavy atom. The number of nitrogens with zero attached hydrogens (tertiary/aromatic N) is 2. The Labute approximate surface area is 149 Å². The molecular weight excluding hydrogens is 339 g/mol. The minimum absolute atomic E-state index is 0.0339. The third-order valence-corrected chi connectivity index (χ3v) is 5.13. The first kappa shape index (κ1) is 17.6. The van der Waals surface area contributed by atoms with Crippen molar-refractivity contribution in [2.75, 3.05) is 13.8 Å². The number of thiophene rings is 1. The fourth-order valence-corrected chi connectivity index (χ4v) is 3.98. The Morgan fingerprint density at radius 2 is 2.12 bits per heavy atom. The summed E-state index contributed by atoms with van der Waals surface area (Å²) >= 11 is 1.45. The number of aryl methyl sites for hydroxylation is 1. The maximum absolute atomic E-state index is 13.0. The normalized spacial score (nSPS) is 11.4. The molecule has 0 saturated heterocycles. The molecule has 3 rings (SSSR count). The SMILES string of the molecule is COc1ccc(-c2csc3nc(C(C)C)n(CCF)c(=O)c23)cc1C. The van der Waals surface area contributed by atoms with Crippen LogP contribution >= 0.6 is 11.3 Å². The first-order chi connectivity index (χ1) is 12.0. The van der Waals surface area contributed by atoms with Gasteiger partial charge in [-0.3, -0.25) is 9.36 Å². The van der Waals surface area contributed by atoms with Gasteiger partial charge in [0.05, 0.1) is 19.0 Å². The summed E-state index contributed by atoms with van der Waals surface area (Å²) in [6.45, 7) is 5.33. The highest BCUT2D eigenvalue weighted by molar-refractivity contribution is 7.17. The maximum atomic E-state index is 13.0. The summed E-state index contributed by atoms with van der Waals surface area (Å²) in [6.07, 6.45) is 0. The molecular formula is C19H21FN2O2S. The number of hydrogen-bond donors (Lipinski definition) is 0. The Morgan fingerprint density at radius 1 is 1.36 bits per heavy atom. The van der Waals surface area contributed by atoms with E-state index in [0.717, 1.165) is 22.4 Å². The summed E-state index contributed by atoms with van der Waals surface area (Å²) in [5.41, 5.74) is 2.60. The van der Waals surface area contributed by atoms with Crippen LogP contribution in [0.3, 0.4) is 0 Å². The molecule has 0 spiro atoms. The predicted molar refractivity (Wildman–Crippen MR) is 101 cm³/mol. The van der Waals surface area contributed by atoms with Crippen molar-refractivity contribution in [3.8, 4) is 16.9 Å². The molecule has 4 nitrogen and oxygen atoms in total. The minimum atomic E-state index is -0.589. The molecule has 0 aliphatic rings. The Bertz CT molecular complexity index is 975. The summed E-state index contributed by atoms with van der Waals surface area (Å²) in [7, 11) is 1.63. The van der Waals surface area contributed by atoms with Crippen molar-refractivity contribution >= 4 is 21.6 Å². The molecule has 132 valence electrons. The molecule has 3 aromatic rings. The highest BCUT2D eigenvalue weighted by Crippen LogP contribution is 2.34. The van der Waals surface area contributed by atoms with E-state index < -0.39 is 6.67 Å². The average molecular weight is 360 g/mol. The summed E-state index contributed by atoms with van der Waals surface area (Å²) in [4.78, 5) is 18.4. The topological polar surface area (TPSA) is 44.1 Å². The van der Waals surface area contributed by atoms with Gasteiger partial charge in [0.15, 0.2) is 0 Å². The number of aromatic nitrogens is 2. The second kappa shape index (κ2) is 6.96. The number of halogens is 1. The molecule has 0 aliphatic heterocycles. The number of methoxy groups -OCH3 is 1. The van der Waals surface area contributed by atoms with E-state index in [-0.39, 0.29) is 18.0 Å². The lowest BCUT2D eigenvalue weighted by Crippen LogP contribution is -2.26. The standard InChI is InChI=1S/C19H21FN2O2S/c1-11(2)17-21-18-16(19(23)22(17)8-7-20)14(10-25-18)13-5-6-15(24-4)12(3)9-13/h5-6,9-11H,7-8H2,1-4H3. The van der Waals surface area contributed by atoms with Crippen molar-refractivity contribution in [1.82, 2.24) is 9.55 Å². The van der Waals surface area contributed by atoms with Crippen LogP contribution in [0.5, 0.6) is 5.75 Å². The first-order valence-electron chi connectivity index (χ1n) is 8.20. The maximum Gasteiger partial charge on any atom is 0.262 e. The molecule has 25 heavy (non-hydrogen) atoms. The van der Waals surface area contributed by atoms with Crippen molar-refractivity contribution in [1.29, 1.82) is 0 Å². The summed E-state index contributed by atoms with van der Waals surface area (Å²) < 4.78 is 19.8. The van der Waals surface area contributed by atoms with Gasteiger partial charge in [-0.2, -0.15) is 0 Å². The summed E-state index contributed by atoms with van der Waals surface area (Å²) in [5, 5.41) is 2.51. The second-order valence-corrected chi connectivity index (χ2v) is 7.14. The number of alkyl halides is 1. The molecule has 1 aromatic carbocycles. The lowest BCUT2D eigenvalue weighted by atomic mass is 10.0. The zero-order valence-electron chi connectivity index (χ0n) is 14.8. The number of hydrogen-bond acceptors (Lipinski definition) is 4. The van der Waals surface area contributed by atoms with E-state index in [4.69, 9.17) is 4.74 Å². The van der Waals surface area contributed by atoms with Crippen LogP contribution in [0.4, 0.5) is 4.39 Å². The Hall–Kier alpha value is -2.21. The highest BCUT2D eigenvalue weighted by atomic mass is 32.1. The molecule has 0 atom stereocenters. The van der Waals surface area contributed by atoms with Gasteiger partial charge in [0, 0.05) is 16.9 Å². The minimum Gasteiger partial charge on any atom is -0.496 e. The van der Waals surface area contributed by atoms with Crippen molar-refractivity contribution in [3.63, 3.8) is 0 Å². The lowest BCUT2D eigenvalue weighted by Gasteiger charge is -2.14. The van der Waals surface area contributed by atoms with Crippen LogP contribution < -0.4 is 10.3 Å². The van der Waals surface area contributed by atoms with Crippen LogP contribution in [0.1, 0.15) is 31.2 Å². The molecule has 0 aliphatic carbocycles. The van der Waals surface area contributed by atoms with Crippen LogP contribution in [0, 0.1) is 6.92 Å². The van der Waals surface area contributed by atoms with Crippen LogP contribution in [0.15, 0.2) is 28.4 Å². The zero-order chi connectivity index (χ0) is 18.1. The largest absolute Gasteiger partial charge is 0.496 e. The number of benzene rings is 1. The summed E-state index contributed by atoms with van der Waals surface area (Å²) in [5.74, 6) is 1.49. The van der Waals surface area contributed by atoms with Crippen LogP contribution in [-0.2, 0) is 6.54 Å². The number of fused-ring (bicyclic) bond motifs is 1. The smallest absolute Gasteiger partial charge is 0.262 e. The van der Waals surface area contributed by atoms with Gasteiger partial charge in [-0.25, -0.2) is 9.37 Å². The number of rotatable bonds is 5. The Balaban J connectivity index is 2.26. The van der Waals surface area contributed by atoms with E-state index in [2.05, 4.69) is 4.98 Å². The molecule has 0 saturated carbocycles. The molecule has 6 heteroatoms. The van der Waals surface area contributed by atoms with Gasteiger partial charge in [0.2, 0.25) is 0 Å². The van der Waals surface area contributed by atoms with Crippen molar-refractivity contribution in [3.05, 3.63) is 45.3 Å². The van der Waals surface area contributed by atoms with Gasteiger partial charge < -0.3 is 4.74 Å². The quantitative estimate of drug-likeness (QED) is 0.671. The van der Waals surface area contributed by atoms with Crippen LogP contribution in [-0.4, -0.2) is 23.3 Å². The monoisotopic (exact) mass is 360 g/mol. The molecule has 2 aromatic heterocycles. The third kappa shape index (κ3) is 3.06. The van der Waals surface area contributed by atoms with E-state index in [1.54, 1.807) is 7.11 Å². The van der Waals surface area contributed by atoms with E-state index in [1.807, 2.05) is 44.4 Å². The van der Waals surface area contributed by atoms with Crippen molar-refractivity contribution < 1.29 is 9.13 Å². The zero-order valence-corrected chi connectivity index (χ0v) is 15.6.